The number of anilines is 1. The van der Waals surface area contributed by atoms with E-state index in [1.165, 1.54) is 12.1 Å². The Kier molecular flexibility index (Phi) is 9.32. The smallest absolute Gasteiger partial charge is 0.294 e. The number of aryl methyl sites for hydroxylation is 1. The van der Waals surface area contributed by atoms with Gasteiger partial charge in [0, 0.05) is 10.7 Å². The zero-order valence-corrected chi connectivity index (χ0v) is 24.1. The van der Waals surface area contributed by atoms with E-state index >= 15 is 0 Å². The van der Waals surface area contributed by atoms with Crippen LogP contribution in [-0.4, -0.2) is 35.1 Å². The van der Waals surface area contributed by atoms with Gasteiger partial charge in [0.2, 0.25) is 5.91 Å². The Labute approximate surface area is 242 Å². The molecule has 0 aromatic heterocycles. The summed E-state index contributed by atoms with van der Waals surface area (Å²) in [6.07, 6.45) is 1.56. The van der Waals surface area contributed by atoms with E-state index in [4.69, 9.17) is 21.1 Å². The highest BCUT2D eigenvalue weighted by Crippen LogP contribution is 2.39. The average Bonchev–Trinajstić information content (AvgIpc) is 3.14. The summed E-state index contributed by atoms with van der Waals surface area (Å²) in [6, 6.07) is 14.5. The molecule has 0 radical (unpaired) electrons. The molecular weight excluding hydrogens is 611 g/mol. The van der Waals surface area contributed by atoms with E-state index in [9.17, 15) is 18.8 Å². The first kappa shape index (κ1) is 28.7. The fourth-order valence-corrected chi connectivity index (χ4v) is 5.24. The third kappa shape index (κ3) is 7.20. The second-order valence-corrected chi connectivity index (χ2v) is 10.7. The van der Waals surface area contributed by atoms with E-state index in [-0.39, 0.29) is 17.3 Å². The normalized spacial score (nSPS) is 14.2. The molecule has 3 aromatic rings. The predicted molar refractivity (Wildman–Crippen MR) is 154 cm³/mol. The maximum absolute atomic E-state index is 13.2. The lowest BCUT2D eigenvalue weighted by atomic mass is 10.1. The van der Waals surface area contributed by atoms with Crippen molar-refractivity contribution in [1.82, 2.24) is 4.90 Å². The van der Waals surface area contributed by atoms with Gasteiger partial charge in [-0.15, -0.1) is 0 Å². The van der Waals surface area contributed by atoms with E-state index in [1.54, 1.807) is 48.5 Å². The number of nitrogens with one attached hydrogen (secondary N) is 1. The van der Waals surface area contributed by atoms with Crippen LogP contribution in [0.4, 0.5) is 14.9 Å². The zero-order chi connectivity index (χ0) is 28.1. The van der Waals surface area contributed by atoms with Crippen LogP contribution in [0.25, 0.3) is 6.08 Å². The van der Waals surface area contributed by atoms with E-state index in [0.29, 0.717) is 38.9 Å². The molecule has 0 bridgehead atoms. The molecule has 0 aliphatic carbocycles. The second kappa shape index (κ2) is 12.7. The number of halogens is 3. The fraction of sp³-hybridized carbons (Fsp3) is 0.179. The van der Waals surface area contributed by atoms with Gasteiger partial charge in [0.05, 0.1) is 16.0 Å². The van der Waals surface area contributed by atoms with Crippen molar-refractivity contribution in [3.05, 3.63) is 91.5 Å². The molecule has 1 N–H and O–H groups in total. The van der Waals surface area contributed by atoms with Crippen molar-refractivity contribution >= 4 is 68.1 Å². The Morgan fingerprint density at radius 2 is 1.87 bits per heavy atom. The number of hydrogen-bond donors (Lipinski definition) is 1. The van der Waals surface area contributed by atoms with Crippen LogP contribution in [-0.2, 0) is 16.2 Å². The first-order valence-corrected chi connectivity index (χ1v) is 13.8. The van der Waals surface area contributed by atoms with Crippen molar-refractivity contribution in [1.29, 1.82) is 0 Å². The summed E-state index contributed by atoms with van der Waals surface area (Å²) in [5.74, 6) is -0.558. The van der Waals surface area contributed by atoms with Gasteiger partial charge in [-0.3, -0.25) is 19.3 Å². The molecule has 0 saturated carbocycles. The van der Waals surface area contributed by atoms with Gasteiger partial charge >= 0.3 is 0 Å². The number of imide groups is 1. The molecule has 3 aromatic carbocycles. The van der Waals surface area contributed by atoms with E-state index < -0.39 is 23.6 Å². The molecule has 39 heavy (non-hydrogen) atoms. The summed E-state index contributed by atoms with van der Waals surface area (Å²) in [7, 11) is 0. The highest BCUT2D eigenvalue weighted by atomic mass is 79.9. The quantitative estimate of drug-likeness (QED) is 0.251. The number of ether oxygens (including phenoxy) is 2. The van der Waals surface area contributed by atoms with Crippen molar-refractivity contribution < 1.29 is 28.2 Å². The Morgan fingerprint density at radius 1 is 1.13 bits per heavy atom. The fourth-order valence-electron chi connectivity index (χ4n) is 3.66. The van der Waals surface area contributed by atoms with Crippen LogP contribution < -0.4 is 14.8 Å². The molecule has 1 fully saturated rings. The Morgan fingerprint density at radius 3 is 2.59 bits per heavy atom. The third-order valence-electron chi connectivity index (χ3n) is 5.57. The van der Waals surface area contributed by atoms with Gasteiger partial charge in [0.25, 0.3) is 11.1 Å². The molecule has 1 saturated heterocycles. The Balaban J connectivity index is 1.49. The molecule has 1 aliphatic heterocycles. The van der Waals surface area contributed by atoms with Gasteiger partial charge in [0.1, 0.15) is 19.0 Å². The van der Waals surface area contributed by atoms with Gasteiger partial charge in [-0.25, -0.2) is 4.39 Å². The second-order valence-electron chi connectivity index (χ2n) is 8.45. The minimum absolute atomic E-state index is 0.168. The number of benzene rings is 3. The van der Waals surface area contributed by atoms with Crippen molar-refractivity contribution in [3.8, 4) is 11.5 Å². The van der Waals surface area contributed by atoms with Crippen molar-refractivity contribution in [3.63, 3.8) is 0 Å². The molecule has 0 unspecified atom stereocenters. The SMILES string of the molecule is CCOc1cc(/C=C2\SC(=O)N(CC(=O)Nc3cc(Cl)ccc3C)C2=O)cc(Br)c1OCc1ccc(F)cc1. The molecule has 0 spiro atoms. The lowest BCUT2D eigenvalue weighted by Crippen LogP contribution is -2.36. The van der Waals surface area contributed by atoms with Crippen LogP contribution in [0.3, 0.4) is 0 Å². The molecule has 1 aliphatic rings. The van der Waals surface area contributed by atoms with Crippen molar-refractivity contribution in [2.45, 2.75) is 20.5 Å². The maximum Gasteiger partial charge on any atom is 0.294 e. The largest absolute Gasteiger partial charge is 0.490 e. The van der Waals surface area contributed by atoms with Crippen LogP contribution in [0.1, 0.15) is 23.6 Å². The third-order valence-corrected chi connectivity index (χ3v) is 7.31. The van der Waals surface area contributed by atoms with Crippen LogP contribution in [0.5, 0.6) is 11.5 Å². The number of nitrogens with zero attached hydrogens (tertiary/aromatic N) is 1. The highest BCUT2D eigenvalue weighted by Gasteiger charge is 2.36. The van der Waals surface area contributed by atoms with Gasteiger partial charge in [-0.2, -0.15) is 0 Å². The summed E-state index contributed by atoms with van der Waals surface area (Å²) in [5, 5.41) is 2.60. The number of thioether (sulfide) groups is 1. The number of carbonyl (C=O) groups excluding carboxylic acids is 3. The van der Waals surface area contributed by atoms with Crippen LogP contribution in [0.15, 0.2) is 64.0 Å². The average molecular weight is 634 g/mol. The topological polar surface area (TPSA) is 84.9 Å². The van der Waals surface area contributed by atoms with Crippen LogP contribution in [0.2, 0.25) is 5.02 Å². The summed E-state index contributed by atoms with van der Waals surface area (Å²) in [4.78, 5) is 39.2. The Hall–Kier alpha value is -3.34. The molecule has 3 amide bonds. The van der Waals surface area contributed by atoms with E-state index in [2.05, 4.69) is 21.2 Å². The minimum atomic E-state index is -0.575. The lowest BCUT2D eigenvalue weighted by Gasteiger charge is -2.15. The van der Waals surface area contributed by atoms with Crippen molar-refractivity contribution in [2.24, 2.45) is 0 Å². The lowest BCUT2D eigenvalue weighted by molar-refractivity contribution is -0.127. The molecule has 202 valence electrons. The first-order valence-electron chi connectivity index (χ1n) is 11.8. The highest BCUT2D eigenvalue weighted by molar-refractivity contribution is 9.10. The first-order chi connectivity index (χ1) is 18.6. The summed E-state index contributed by atoms with van der Waals surface area (Å²) in [6.45, 7) is 3.75. The summed E-state index contributed by atoms with van der Waals surface area (Å²) >= 11 is 10.2. The number of carbonyl (C=O) groups is 3. The van der Waals surface area contributed by atoms with Gasteiger partial charge < -0.3 is 14.8 Å². The van der Waals surface area contributed by atoms with Crippen LogP contribution >= 0.6 is 39.3 Å². The monoisotopic (exact) mass is 632 g/mol. The molecule has 11 heteroatoms. The van der Waals surface area contributed by atoms with E-state index in [1.807, 2.05) is 13.8 Å². The maximum atomic E-state index is 13.2. The molecule has 7 nitrogen and oxygen atoms in total. The number of rotatable bonds is 9. The van der Waals surface area contributed by atoms with Crippen LogP contribution in [0, 0.1) is 12.7 Å². The van der Waals surface area contributed by atoms with Gasteiger partial charge in [-0.1, -0.05) is 29.8 Å². The molecular formula is C28H23BrClFN2O5S. The number of amides is 3. The van der Waals surface area contributed by atoms with E-state index in [0.717, 1.165) is 27.8 Å². The predicted octanol–water partition coefficient (Wildman–Crippen LogP) is 7.20. The summed E-state index contributed by atoms with van der Waals surface area (Å²) < 4.78 is 25.4. The summed E-state index contributed by atoms with van der Waals surface area (Å²) in [5.41, 5.74) is 2.66. The minimum Gasteiger partial charge on any atom is -0.490 e. The Bertz CT molecular complexity index is 1470. The number of hydrogen-bond acceptors (Lipinski definition) is 6. The standard InChI is InChI=1S/C28H23BrClFN2O5S/c1-3-37-23-11-18(10-21(29)26(23)38-15-17-5-8-20(31)9-6-17)12-24-27(35)33(28(36)39-24)14-25(34)32-22-13-19(30)7-4-16(22)2/h4-13H,3,14-15H2,1-2H3,(H,32,34)/b24-12-. The van der Waals surface area contributed by atoms with Crippen molar-refractivity contribution in [2.75, 3.05) is 18.5 Å². The molecule has 4 rings (SSSR count). The molecule has 1 heterocycles. The zero-order valence-electron chi connectivity index (χ0n) is 20.9. The van der Waals surface area contributed by atoms with Gasteiger partial charge in [-0.05, 0) is 101 Å². The van der Waals surface area contributed by atoms with Gasteiger partial charge in [0.15, 0.2) is 11.5 Å². The molecule has 0 atom stereocenters.